The summed E-state index contributed by atoms with van der Waals surface area (Å²) in [5, 5.41) is 6.77. The lowest BCUT2D eigenvalue weighted by Gasteiger charge is -2.20. The van der Waals surface area contributed by atoms with Crippen molar-refractivity contribution in [1.29, 1.82) is 0 Å². The van der Waals surface area contributed by atoms with Crippen LogP contribution in [0.5, 0.6) is 11.5 Å². The Bertz CT molecular complexity index is 783. The van der Waals surface area contributed by atoms with Gasteiger partial charge in [-0.05, 0) is 23.8 Å². The summed E-state index contributed by atoms with van der Waals surface area (Å²) in [5.41, 5.74) is 1.51. The monoisotopic (exact) mass is 363 g/mol. The summed E-state index contributed by atoms with van der Waals surface area (Å²) in [6.45, 7) is 1.84. The van der Waals surface area contributed by atoms with E-state index in [1.54, 1.807) is 25.2 Å². The van der Waals surface area contributed by atoms with Crippen molar-refractivity contribution in [3.05, 3.63) is 58.4 Å². The highest BCUT2D eigenvalue weighted by Gasteiger charge is 2.16. The minimum absolute atomic E-state index is 0.246. The van der Waals surface area contributed by atoms with Crippen molar-refractivity contribution in [1.82, 2.24) is 10.6 Å². The Labute approximate surface area is 150 Å². The summed E-state index contributed by atoms with van der Waals surface area (Å²) < 4.78 is 24.7. The molecule has 3 rings (SSSR count). The van der Waals surface area contributed by atoms with Crippen molar-refractivity contribution < 1.29 is 13.9 Å². The molecule has 2 aromatic carbocycles. The molecule has 0 fully saturated rings. The van der Waals surface area contributed by atoms with Crippen LogP contribution in [0.15, 0.2) is 41.4 Å². The standard InChI is InChI=1S/C18H19ClFN3O2/c1-21-18(23-11-13-4-2-3-5-15(13)20)22-10-12-8-14(19)17-16(9-12)24-6-7-25-17/h2-5,8-9H,6-7,10-11H2,1H3,(H2,21,22,23). The number of nitrogens with one attached hydrogen (secondary N) is 2. The van der Waals surface area contributed by atoms with E-state index < -0.39 is 0 Å². The highest BCUT2D eigenvalue weighted by atomic mass is 35.5. The van der Waals surface area contributed by atoms with Gasteiger partial charge in [0.1, 0.15) is 19.0 Å². The van der Waals surface area contributed by atoms with E-state index in [0.29, 0.717) is 54.3 Å². The number of benzene rings is 2. The number of aliphatic imine (C=N–C) groups is 1. The molecule has 25 heavy (non-hydrogen) atoms. The van der Waals surface area contributed by atoms with Gasteiger partial charge in [0.25, 0.3) is 0 Å². The van der Waals surface area contributed by atoms with Crippen LogP contribution in [0.2, 0.25) is 5.02 Å². The van der Waals surface area contributed by atoms with Crippen molar-refractivity contribution in [2.45, 2.75) is 13.1 Å². The van der Waals surface area contributed by atoms with Crippen LogP contribution in [0.4, 0.5) is 4.39 Å². The van der Waals surface area contributed by atoms with E-state index in [9.17, 15) is 4.39 Å². The number of halogens is 2. The number of rotatable bonds is 4. The zero-order valence-electron chi connectivity index (χ0n) is 13.8. The van der Waals surface area contributed by atoms with E-state index in [2.05, 4.69) is 15.6 Å². The first kappa shape index (κ1) is 17.4. The van der Waals surface area contributed by atoms with Crippen LogP contribution in [0, 0.1) is 5.82 Å². The Morgan fingerprint density at radius 2 is 1.92 bits per heavy atom. The normalized spacial score (nSPS) is 13.5. The van der Waals surface area contributed by atoms with Crippen LogP contribution < -0.4 is 20.1 Å². The van der Waals surface area contributed by atoms with Gasteiger partial charge in [-0.3, -0.25) is 4.99 Å². The van der Waals surface area contributed by atoms with Crippen molar-refractivity contribution in [2.75, 3.05) is 20.3 Å². The third-order valence-electron chi connectivity index (χ3n) is 3.74. The average Bonchev–Trinajstić information content (AvgIpc) is 2.63. The maximum atomic E-state index is 13.7. The van der Waals surface area contributed by atoms with E-state index >= 15 is 0 Å². The highest BCUT2D eigenvalue weighted by Crippen LogP contribution is 2.38. The van der Waals surface area contributed by atoms with Crippen LogP contribution in [0.1, 0.15) is 11.1 Å². The first-order valence-electron chi connectivity index (χ1n) is 7.93. The Hall–Kier alpha value is -2.47. The molecule has 0 aromatic heterocycles. The molecule has 1 aliphatic heterocycles. The van der Waals surface area contributed by atoms with Crippen LogP contribution in [0.3, 0.4) is 0 Å². The molecule has 0 bridgehead atoms. The Kier molecular flexibility index (Phi) is 5.60. The molecule has 0 unspecified atom stereocenters. The summed E-state index contributed by atoms with van der Waals surface area (Å²) in [4.78, 5) is 4.14. The predicted octanol–water partition coefficient (Wildman–Crippen LogP) is 3.12. The van der Waals surface area contributed by atoms with Crippen molar-refractivity contribution in [3.63, 3.8) is 0 Å². The second-order valence-electron chi connectivity index (χ2n) is 5.47. The fraction of sp³-hybridized carbons (Fsp3) is 0.278. The molecule has 0 saturated carbocycles. The van der Waals surface area contributed by atoms with Crippen LogP contribution >= 0.6 is 11.6 Å². The van der Waals surface area contributed by atoms with E-state index in [-0.39, 0.29) is 5.82 Å². The first-order chi connectivity index (χ1) is 12.2. The smallest absolute Gasteiger partial charge is 0.191 e. The first-order valence-corrected chi connectivity index (χ1v) is 8.31. The van der Waals surface area contributed by atoms with E-state index in [0.717, 1.165) is 5.56 Å². The number of fused-ring (bicyclic) bond motifs is 1. The number of guanidine groups is 1. The Balaban J connectivity index is 1.60. The summed E-state index contributed by atoms with van der Waals surface area (Å²) >= 11 is 6.23. The molecule has 0 amide bonds. The minimum Gasteiger partial charge on any atom is -0.486 e. The van der Waals surface area contributed by atoms with Gasteiger partial charge >= 0.3 is 0 Å². The van der Waals surface area contributed by atoms with Crippen LogP contribution in [-0.4, -0.2) is 26.2 Å². The highest BCUT2D eigenvalue weighted by molar-refractivity contribution is 6.32. The molecule has 1 aliphatic rings. The molecular formula is C18H19ClFN3O2. The zero-order chi connectivity index (χ0) is 17.6. The number of nitrogens with zero attached hydrogens (tertiary/aromatic N) is 1. The molecule has 2 aromatic rings. The minimum atomic E-state index is -0.246. The summed E-state index contributed by atoms with van der Waals surface area (Å²) in [6, 6.07) is 10.3. The topological polar surface area (TPSA) is 54.9 Å². The fourth-order valence-corrected chi connectivity index (χ4v) is 2.78. The van der Waals surface area contributed by atoms with Gasteiger partial charge in [-0.1, -0.05) is 29.8 Å². The second kappa shape index (κ2) is 8.07. The van der Waals surface area contributed by atoms with Gasteiger partial charge < -0.3 is 20.1 Å². The molecule has 0 radical (unpaired) electrons. The Morgan fingerprint density at radius 1 is 1.16 bits per heavy atom. The zero-order valence-corrected chi connectivity index (χ0v) is 14.6. The molecule has 0 aliphatic carbocycles. The van der Waals surface area contributed by atoms with Gasteiger partial charge in [0.05, 0.1) is 5.02 Å². The molecule has 7 heteroatoms. The van der Waals surface area contributed by atoms with Crippen LogP contribution in [-0.2, 0) is 13.1 Å². The summed E-state index contributed by atoms with van der Waals surface area (Å²) in [5.74, 6) is 1.54. The average molecular weight is 364 g/mol. The lowest BCUT2D eigenvalue weighted by Crippen LogP contribution is -2.36. The van der Waals surface area contributed by atoms with Gasteiger partial charge in [0.2, 0.25) is 0 Å². The molecule has 0 spiro atoms. The number of hydrogen-bond acceptors (Lipinski definition) is 3. The van der Waals surface area contributed by atoms with Gasteiger partial charge in [-0.2, -0.15) is 0 Å². The maximum absolute atomic E-state index is 13.7. The molecule has 2 N–H and O–H groups in total. The Morgan fingerprint density at radius 3 is 2.72 bits per heavy atom. The summed E-state index contributed by atoms with van der Waals surface area (Å²) in [6.07, 6.45) is 0. The second-order valence-corrected chi connectivity index (χ2v) is 5.88. The van der Waals surface area contributed by atoms with Crippen molar-refractivity contribution >= 4 is 17.6 Å². The maximum Gasteiger partial charge on any atom is 0.191 e. The third kappa shape index (κ3) is 4.33. The van der Waals surface area contributed by atoms with Gasteiger partial charge in [0.15, 0.2) is 17.5 Å². The molecule has 1 heterocycles. The van der Waals surface area contributed by atoms with E-state index in [1.807, 2.05) is 12.1 Å². The van der Waals surface area contributed by atoms with Crippen molar-refractivity contribution in [3.8, 4) is 11.5 Å². The van der Waals surface area contributed by atoms with Crippen LogP contribution in [0.25, 0.3) is 0 Å². The molecule has 5 nitrogen and oxygen atoms in total. The lowest BCUT2D eigenvalue weighted by molar-refractivity contribution is 0.171. The lowest BCUT2D eigenvalue weighted by atomic mass is 10.2. The predicted molar refractivity (Wildman–Crippen MR) is 95.9 cm³/mol. The van der Waals surface area contributed by atoms with E-state index in [1.165, 1.54) is 6.07 Å². The fourth-order valence-electron chi connectivity index (χ4n) is 2.49. The summed E-state index contributed by atoms with van der Waals surface area (Å²) in [7, 11) is 1.66. The molecule has 0 saturated heterocycles. The third-order valence-corrected chi connectivity index (χ3v) is 4.03. The number of ether oxygens (including phenoxy) is 2. The molecular weight excluding hydrogens is 345 g/mol. The molecule has 0 atom stereocenters. The molecule has 132 valence electrons. The number of hydrogen-bond donors (Lipinski definition) is 2. The van der Waals surface area contributed by atoms with Gasteiger partial charge in [-0.15, -0.1) is 0 Å². The van der Waals surface area contributed by atoms with Gasteiger partial charge in [0, 0.05) is 25.7 Å². The quantitative estimate of drug-likeness (QED) is 0.647. The van der Waals surface area contributed by atoms with Crippen molar-refractivity contribution in [2.24, 2.45) is 4.99 Å². The largest absolute Gasteiger partial charge is 0.486 e. The van der Waals surface area contributed by atoms with Gasteiger partial charge in [-0.25, -0.2) is 4.39 Å². The van der Waals surface area contributed by atoms with E-state index in [4.69, 9.17) is 21.1 Å². The SMILES string of the molecule is CN=C(NCc1cc(Cl)c2c(c1)OCCO2)NCc1ccccc1F.